The molecule has 29 heteroatoms. The highest BCUT2D eigenvalue weighted by Crippen LogP contribution is 2.31. The number of rotatable bonds is 39. The molecule has 0 atom stereocenters. The molecule has 0 saturated carbocycles. The van der Waals surface area contributed by atoms with Crippen molar-refractivity contribution < 1.29 is 85.8 Å². The van der Waals surface area contributed by atoms with E-state index in [4.69, 9.17) is 43.6 Å². The van der Waals surface area contributed by atoms with Crippen molar-refractivity contribution >= 4 is 155 Å². The lowest BCUT2D eigenvalue weighted by Crippen LogP contribution is -2.51. The van der Waals surface area contributed by atoms with Crippen molar-refractivity contribution in [1.29, 1.82) is 0 Å². The first-order valence-electron chi connectivity index (χ1n) is 25.8. The number of esters is 6. The van der Waals surface area contributed by atoms with E-state index in [2.05, 4.69) is 117 Å². The fraction of sp³-hybridized carbons (Fsp3) is 0.808. The molecule has 4 amide bonds. The fourth-order valence-electron chi connectivity index (χ4n) is 6.34. The Labute approximate surface area is 527 Å². The molecule has 81 heavy (non-hydrogen) atoms. The van der Waals surface area contributed by atoms with Crippen molar-refractivity contribution in [1.82, 2.24) is 21.3 Å². The van der Waals surface area contributed by atoms with Gasteiger partial charge in [0.05, 0.1) is 24.0 Å². The first-order valence-corrected chi connectivity index (χ1v) is 30.6. The van der Waals surface area contributed by atoms with Crippen LogP contribution in [0.4, 0.5) is 0 Å². The molecular formula is C52H85Br6N5O18. The topological polar surface area (TPSA) is 319 Å². The van der Waals surface area contributed by atoms with E-state index in [1.54, 1.807) is 83.1 Å². The highest BCUT2D eigenvalue weighted by molar-refractivity contribution is 9.11. The molecular weight excluding hydrogens is 1460 g/mol. The third kappa shape index (κ3) is 33.1. The number of halogens is 6. The average molecular weight is 1550 g/mol. The molecule has 0 unspecified atom stereocenters. The maximum absolute atomic E-state index is 13.1. The van der Waals surface area contributed by atoms with Gasteiger partial charge >= 0.3 is 35.8 Å². The molecule has 0 aromatic heterocycles. The van der Waals surface area contributed by atoms with Gasteiger partial charge in [0, 0.05) is 51.0 Å². The van der Waals surface area contributed by atoms with E-state index in [0.717, 1.165) is 0 Å². The van der Waals surface area contributed by atoms with Crippen LogP contribution in [0.5, 0.6) is 0 Å². The van der Waals surface area contributed by atoms with Gasteiger partial charge < -0.3 is 64.9 Å². The summed E-state index contributed by atoms with van der Waals surface area (Å²) in [5.74, 6) is -6.00. The zero-order chi connectivity index (χ0) is 63.1. The second kappa shape index (κ2) is 34.6. The zero-order valence-corrected chi connectivity index (χ0v) is 58.5. The highest BCUT2D eigenvalue weighted by atomic mass is 79.9. The number of hydrogen-bond acceptors (Lipinski definition) is 19. The normalized spacial score (nSPS) is 12.9. The lowest BCUT2D eigenvalue weighted by Gasteiger charge is -2.34. The molecule has 0 bridgehead atoms. The molecule has 0 heterocycles. The van der Waals surface area contributed by atoms with E-state index >= 15 is 0 Å². The van der Waals surface area contributed by atoms with E-state index in [0.29, 0.717) is 6.42 Å². The Morgan fingerprint density at radius 3 is 0.802 bits per heavy atom. The van der Waals surface area contributed by atoms with Crippen molar-refractivity contribution in [3.05, 3.63) is 0 Å². The monoisotopic (exact) mass is 1540 g/mol. The Bertz CT molecular complexity index is 1840. The van der Waals surface area contributed by atoms with Gasteiger partial charge in [-0.1, -0.05) is 109 Å². The van der Waals surface area contributed by atoms with Gasteiger partial charge in [-0.05, 0) is 95.4 Å². The van der Waals surface area contributed by atoms with Crippen LogP contribution in [-0.2, 0) is 85.8 Å². The van der Waals surface area contributed by atoms with Gasteiger partial charge in [-0.25, -0.2) is 0 Å². The number of amides is 4. The summed E-state index contributed by atoms with van der Waals surface area (Å²) in [5, 5.41) is 10.9. The molecule has 0 spiro atoms. The van der Waals surface area contributed by atoms with Crippen LogP contribution >= 0.6 is 95.6 Å². The lowest BCUT2D eigenvalue weighted by molar-refractivity contribution is -0.172. The number of nitrogens with two attached hydrogens (primary N) is 1. The Balaban J connectivity index is 5.70. The molecule has 0 aliphatic heterocycles. The summed E-state index contributed by atoms with van der Waals surface area (Å²) in [5.41, 5.74) is 2.57. The Morgan fingerprint density at radius 1 is 0.370 bits per heavy atom. The summed E-state index contributed by atoms with van der Waals surface area (Å²) < 4.78 is 38.3. The first kappa shape index (κ1) is 78.5. The quantitative estimate of drug-likeness (QED) is 0.0287. The number of nitrogens with one attached hydrogen (secondary N) is 4. The number of carbonyl (C=O) groups is 10. The zero-order valence-electron chi connectivity index (χ0n) is 49.0. The largest absolute Gasteiger partial charge is 0.464 e. The van der Waals surface area contributed by atoms with Crippen LogP contribution < -0.4 is 27.0 Å². The van der Waals surface area contributed by atoms with Gasteiger partial charge in [-0.3, -0.25) is 47.9 Å². The Kier molecular flexibility index (Phi) is 33.5. The molecule has 0 rings (SSSR count). The van der Waals surface area contributed by atoms with Crippen LogP contribution in [0.25, 0.3) is 0 Å². The van der Waals surface area contributed by atoms with Gasteiger partial charge in [-0.15, -0.1) is 0 Å². The summed E-state index contributed by atoms with van der Waals surface area (Å²) in [6, 6.07) is 0. The Morgan fingerprint density at radius 2 is 0.605 bits per heavy atom. The van der Waals surface area contributed by atoms with Crippen molar-refractivity contribution in [3.63, 3.8) is 0 Å². The van der Waals surface area contributed by atoms with Crippen LogP contribution in [0.2, 0.25) is 0 Å². The number of hydrogen-bond donors (Lipinski definition) is 5. The minimum atomic E-state index is -1.46. The molecule has 0 aliphatic rings. The third-order valence-electron chi connectivity index (χ3n) is 11.2. The summed E-state index contributed by atoms with van der Waals surface area (Å²) in [4.78, 5) is 129. The molecule has 468 valence electrons. The summed E-state index contributed by atoms with van der Waals surface area (Å²) in [6.45, 7) is 18.3. The molecule has 0 fully saturated rings. The van der Waals surface area contributed by atoms with Crippen LogP contribution in [0.3, 0.4) is 0 Å². The van der Waals surface area contributed by atoms with E-state index in [1.807, 2.05) is 13.8 Å². The maximum atomic E-state index is 13.1. The van der Waals surface area contributed by atoms with Gasteiger partial charge in [0.1, 0.15) is 78.8 Å². The lowest BCUT2D eigenvalue weighted by atomic mass is 9.79. The van der Waals surface area contributed by atoms with Crippen molar-refractivity contribution in [3.8, 4) is 0 Å². The molecule has 6 N–H and O–H groups in total. The maximum Gasteiger partial charge on any atom is 0.322 e. The molecule has 23 nitrogen and oxygen atoms in total. The third-order valence-corrected chi connectivity index (χ3v) is 13.1. The molecule has 0 aromatic carbocycles. The molecule has 0 aliphatic carbocycles. The van der Waals surface area contributed by atoms with Gasteiger partial charge in [0.25, 0.3) is 0 Å². The van der Waals surface area contributed by atoms with E-state index in [-0.39, 0.29) is 64.7 Å². The summed E-state index contributed by atoms with van der Waals surface area (Å²) in [7, 11) is 0. The van der Waals surface area contributed by atoms with Crippen LogP contribution in [0.15, 0.2) is 0 Å². The SMILES string of the molecule is CC(C)CC(CN)(CNC(=O)CCNC(=O)COCC(COC(=O)C(C)(C)Br)(COC(=O)C(C)(C)Br)COC(=O)C(C)(C)Br)CNC(=O)CCNC(=O)COCC(COC(=O)C(C)(C)Br)(COC(=O)C(C)(C)Br)COC(=O)C(C)(C)Br. The smallest absolute Gasteiger partial charge is 0.322 e. The Hall–Kier alpha value is -2.54. The second-order valence-electron chi connectivity index (χ2n) is 23.3. The van der Waals surface area contributed by atoms with E-state index < -0.39 is 154 Å². The van der Waals surface area contributed by atoms with Gasteiger partial charge in [0.2, 0.25) is 23.6 Å². The molecule has 0 saturated heterocycles. The van der Waals surface area contributed by atoms with E-state index in [1.165, 1.54) is 0 Å². The molecule has 0 aromatic rings. The van der Waals surface area contributed by atoms with Crippen molar-refractivity contribution in [2.24, 2.45) is 27.9 Å². The summed E-state index contributed by atoms with van der Waals surface area (Å²) in [6.07, 6.45) is 0.229. The van der Waals surface area contributed by atoms with Crippen molar-refractivity contribution in [2.75, 3.05) is 98.8 Å². The van der Waals surface area contributed by atoms with Crippen LogP contribution in [0, 0.1) is 22.2 Å². The van der Waals surface area contributed by atoms with Gasteiger partial charge in [0.15, 0.2) is 0 Å². The number of alkyl halides is 6. The standard InChI is InChI=1S/C52H85Br6N5O18/c1-33(2)19-50(22-59,23-62-34(64)15-17-60-36(66)20-74-25-51(27-76-38(68)44(3,4)53,28-77-39(69)45(5,6)54)29-78-40(70)46(7,8)55)24-63-35(65)16-18-61-37(67)21-75-26-52(30-79-41(71)47(9,10)56,31-80-42(72)48(11,12)57)32-81-43(73)49(13,14)58/h33H,15-32,59H2,1-14H3,(H,60,66)(H,61,67)(H,62,64)(H,63,65). The van der Waals surface area contributed by atoms with Crippen LogP contribution in [0.1, 0.15) is 116 Å². The van der Waals surface area contributed by atoms with E-state index in [9.17, 15) is 47.9 Å². The molecule has 0 radical (unpaired) electrons. The average Bonchev–Trinajstić information content (AvgIpc) is 3.32. The number of carbonyl (C=O) groups excluding carboxylic acids is 10. The predicted octanol–water partition coefficient (Wildman–Crippen LogP) is 5.53. The number of ether oxygens (including phenoxy) is 8. The highest BCUT2D eigenvalue weighted by Gasteiger charge is 2.43. The predicted molar refractivity (Wildman–Crippen MR) is 323 cm³/mol. The van der Waals surface area contributed by atoms with Crippen molar-refractivity contribution in [2.45, 2.75) is 142 Å². The summed E-state index contributed by atoms with van der Waals surface area (Å²) >= 11 is 19.5. The minimum Gasteiger partial charge on any atom is -0.464 e. The minimum absolute atomic E-state index is 0.0766. The van der Waals surface area contributed by atoms with Crippen LogP contribution in [-0.4, -0.2) is 184 Å². The fourth-order valence-corrected chi connectivity index (χ4v) is 7.03. The van der Waals surface area contributed by atoms with Gasteiger partial charge in [-0.2, -0.15) is 0 Å². The first-order chi connectivity index (χ1) is 36.7. The second-order valence-corrected chi connectivity index (χ2v) is 35.2.